The normalized spacial score (nSPS) is 25.0. The maximum atomic E-state index is 12.5. The summed E-state index contributed by atoms with van der Waals surface area (Å²) in [5, 5.41) is 24.1. The fourth-order valence-corrected chi connectivity index (χ4v) is 4.22. The lowest BCUT2D eigenvalue weighted by atomic mass is 10.1. The van der Waals surface area contributed by atoms with Crippen LogP contribution < -0.4 is 5.32 Å². The molecule has 1 aromatic heterocycles. The zero-order valence-electron chi connectivity index (χ0n) is 19.2. The molecule has 2 heterocycles. The Bertz CT molecular complexity index is 718. The van der Waals surface area contributed by atoms with Crippen LogP contribution in [0.5, 0.6) is 0 Å². The molecule has 0 bridgehead atoms. The number of nitrogens with one attached hydrogen (secondary N) is 1. The van der Waals surface area contributed by atoms with Crippen LogP contribution in [0.4, 0.5) is 5.13 Å². The van der Waals surface area contributed by atoms with Gasteiger partial charge < -0.3 is 29.9 Å². The summed E-state index contributed by atoms with van der Waals surface area (Å²) in [6, 6.07) is 0. The summed E-state index contributed by atoms with van der Waals surface area (Å²) in [5.41, 5.74) is 0. The lowest BCUT2D eigenvalue weighted by Crippen LogP contribution is -2.48. The van der Waals surface area contributed by atoms with Crippen LogP contribution in [-0.2, 0) is 19.1 Å². The molecule has 0 radical (unpaired) electrons. The van der Waals surface area contributed by atoms with Gasteiger partial charge in [0.05, 0.1) is 13.2 Å². The van der Waals surface area contributed by atoms with Crippen molar-refractivity contribution in [3.05, 3.63) is 11.1 Å². The monoisotopic (exact) mass is 472 g/mol. The minimum Gasteiger partial charge on any atom is -0.388 e. The highest BCUT2D eigenvalue weighted by atomic mass is 32.1. The molecule has 10 nitrogen and oxygen atoms in total. The number of aromatic nitrogens is 1. The molecule has 1 aromatic rings. The average molecular weight is 473 g/mol. The molecular weight excluding hydrogens is 436 g/mol. The second-order valence-corrected chi connectivity index (χ2v) is 9.27. The van der Waals surface area contributed by atoms with Crippen molar-refractivity contribution in [3.8, 4) is 0 Å². The standard InChI is InChI=1S/C21H36N4O6S/c1-15-11-22-21(32-15)23-19(28)13-24-7-4-5-10-31-14-17(27)20(29)18(30-3)12-25(16(2)26)9-6-8-24/h11,17-18,20,27,29H,4-10,12-14H2,1-3H3,(H,22,23,28)/t17-,18-,20-/m0/s1. The molecular formula is C21H36N4O6S. The first-order valence-corrected chi connectivity index (χ1v) is 11.8. The summed E-state index contributed by atoms with van der Waals surface area (Å²) >= 11 is 1.43. The number of anilines is 1. The molecule has 1 aliphatic heterocycles. The number of thiazole rings is 1. The fraction of sp³-hybridized carbons (Fsp3) is 0.762. The van der Waals surface area contributed by atoms with Crippen molar-refractivity contribution in [2.45, 2.75) is 51.4 Å². The highest BCUT2D eigenvalue weighted by Gasteiger charge is 2.29. The third-order valence-corrected chi connectivity index (χ3v) is 6.19. The van der Waals surface area contributed by atoms with Crippen molar-refractivity contribution in [3.63, 3.8) is 0 Å². The predicted molar refractivity (Wildman–Crippen MR) is 122 cm³/mol. The number of aryl methyl sites for hydroxylation is 1. The van der Waals surface area contributed by atoms with Crippen LogP contribution in [0.15, 0.2) is 6.20 Å². The number of methoxy groups -OCH3 is 1. The van der Waals surface area contributed by atoms with E-state index in [-0.39, 0.29) is 31.5 Å². The Morgan fingerprint density at radius 3 is 2.69 bits per heavy atom. The maximum Gasteiger partial charge on any atom is 0.240 e. The van der Waals surface area contributed by atoms with Gasteiger partial charge in [0.1, 0.15) is 18.3 Å². The highest BCUT2D eigenvalue weighted by Crippen LogP contribution is 2.16. The number of carbonyl (C=O) groups is 2. The van der Waals surface area contributed by atoms with E-state index in [0.29, 0.717) is 37.8 Å². The van der Waals surface area contributed by atoms with Crippen LogP contribution in [0.3, 0.4) is 0 Å². The number of nitrogens with zero attached hydrogens (tertiary/aromatic N) is 3. The maximum absolute atomic E-state index is 12.5. The van der Waals surface area contributed by atoms with Gasteiger partial charge in [0.2, 0.25) is 11.8 Å². The SMILES string of the molecule is CO[C@H]1CN(C(C)=O)CCCN(CC(=O)Nc2ncc(C)s2)CCCCOC[C@H](O)[C@@H]1O. The first-order chi connectivity index (χ1) is 15.3. The molecule has 0 spiro atoms. The van der Waals surface area contributed by atoms with E-state index < -0.39 is 18.3 Å². The number of amides is 2. The summed E-state index contributed by atoms with van der Waals surface area (Å²) in [7, 11) is 1.44. The van der Waals surface area contributed by atoms with E-state index in [0.717, 1.165) is 17.7 Å². The first-order valence-electron chi connectivity index (χ1n) is 11.0. The number of hydrogen-bond donors (Lipinski definition) is 3. The zero-order valence-corrected chi connectivity index (χ0v) is 20.0. The van der Waals surface area contributed by atoms with Crippen LogP contribution in [0.1, 0.15) is 31.1 Å². The molecule has 1 saturated heterocycles. The number of hydrogen-bond acceptors (Lipinski definition) is 9. The van der Waals surface area contributed by atoms with Crippen molar-refractivity contribution in [2.75, 3.05) is 58.4 Å². The molecule has 1 aliphatic rings. The number of carbonyl (C=O) groups excluding carboxylic acids is 2. The first kappa shape index (κ1) is 26.6. The summed E-state index contributed by atoms with van der Waals surface area (Å²) in [5.74, 6) is -0.264. The Morgan fingerprint density at radius 1 is 1.28 bits per heavy atom. The topological polar surface area (TPSA) is 124 Å². The second-order valence-electron chi connectivity index (χ2n) is 8.03. The molecule has 1 fully saturated rings. The molecule has 2 rings (SSSR count). The summed E-state index contributed by atoms with van der Waals surface area (Å²) in [6.07, 6.45) is 0.970. The molecule has 3 N–H and O–H groups in total. The van der Waals surface area contributed by atoms with E-state index in [1.54, 1.807) is 11.1 Å². The van der Waals surface area contributed by atoms with Crippen LogP contribution in [-0.4, -0.2) is 108 Å². The van der Waals surface area contributed by atoms with Gasteiger partial charge in [0.25, 0.3) is 0 Å². The van der Waals surface area contributed by atoms with Gasteiger partial charge in [-0.1, -0.05) is 0 Å². The van der Waals surface area contributed by atoms with Gasteiger partial charge in [-0.05, 0) is 32.7 Å². The van der Waals surface area contributed by atoms with Crippen LogP contribution in [0, 0.1) is 6.92 Å². The molecule has 11 heteroatoms. The Hall–Kier alpha value is -1.63. The Morgan fingerprint density at radius 2 is 2.03 bits per heavy atom. The van der Waals surface area contributed by atoms with E-state index in [9.17, 15) is 19.8 Å². The van der Waals surface area contributed by atoms with Gasteiger partial charge in [-0.15, -0.1) is 11.3 Å². The van der Waals surface area contributed by atoms with Crippen molar-refractivity contribution in [2.24, 2.45) is 0 Å². The summed E-state index contributed by atoms with van der Waals surface area (Å²) in [4.78, 5) is 33.5. The number of aliphatic hydroxyl groups is 2. The van der Waals surface area contributed by atoms with Gasteiger partial charge >= 0.3 is 0 Å². The van der Waals surface area contributed by atoms with E-state index in [2.05, 4.69) is 15.2 Å². The van der Waals surface area contributed by atoms with Crippen LogP contribution in [0.25, 0.3) is 0 Å². The Balaban J connectivity index is 2.00. The van der Waals surface area contributed by atoms with Crippen LogP contribution in [0.2, 0.25) is 0 Å². The third-order valence-electron chi connectivity index (χ3n) is 5.36. The van der Waals surface area contributed by atoms with Crippen molar-refractivity contribution in [1.29, 1.82) is 0 Å². The second kappa shape index (κ2) is 13.8. The lowest BCUT2D eigenvalue weighted by molar-refractivity contribution is -0.136. The Labute approximate surface area is 193 Å². The number of rotatable bonds is 4. The van der Waals surface area contributed by atoms with Gasteiger partial charge in [-0.3, -0.25) is 14.5 Å². The van der Waals surface area contributed by atoms with Gasteiger partial charge in [0, 0.05) is 51.3 Å². The van der Waals surface area contributed by atoms with Crippen LogP contribution >= 0.6 is 11.3 Å². The van der Waals surface area contributed by atoms with Crippen molar-refractivity contribution in [1.82, 2.24) is 14.8 Å². The minimum absolute atomic E-state index is 0.0134. The van der Waals surface area contributed by atoms with Gasteiger partial charge in [-0.2, -0.15) is 0 Å². The average Bonchev–Trinajstić information content (AvgIpc) is 3.15. The van der Waals surface area contributed by atoms with E-state index in [1.807, 2.05) is 6.92 Å². The Kier molecular flexibility index (Phi) is 11.5. The molecule has 0 unspecified atom stereocenters. The number of aliphatic hydroxyl groups excluding tert-OH is 2. The van der Waals surface area contributed by atoms with Crippen molar-refractivity contribution >= 4 is 28.3 Å². The predicted octanol–water partition coefficient (Wildman–Crippen LogP) is 0.478. The quantitative estimate of drug-likeness (QED) is 0.578. The molecule has 182 valence electrons. The van der Waals surface area contributed by atoms with E-state index >= 15 is 0 Å². The van der Waals surface area contributed by atoms with E-state index in [4.69, 9.17) is 9.47 Å². The van der Waals surface area contributed by atoms with Gasteiger partial charge in [0.15, 0.2) is 5.13 Å². The molecule has 2 amide bonds. The smallest absolute Gasteiger partial charge is 0.240 e. The summed E-state index contributed by atoms with van der Waals surface area (Å²) < 4.78 is 10.8. The third kappa shape index (κ3) is 9.08. The molecule has 32 heavy (non-hydrogen) atoms. The lowest BCUT2D eigenvalue weighted by Gasteiger charge is -2.31. The van der Waals surface area contributed by atoms with Crippen molar-refractivity contribution < 1.29 is 29.3 Å². The van der Waals surface area contributed by atoms with Gasteiger partial charge in [-0.25, -0.2) is 4.98 Å². The molecule has 3 atom stereocenters. The summed E-state index contributed by atoms with van der Waals surface area (Å²) in [6.45, 7) is 6.03. The zero-order chi connectivity index (χ0) is 23.5. The number of ether oxygens (including phenoxy) is 2. The minimum atomic E-state index is -1.17. The molecule has 0 aliphatic carbocycles. The highest BCUT2D eigenvalue weighted by molar-refractivity contribution is 7.15. The molecule has 0 aromatic carbocycles. The molecule has 0 saturated carbocycles. The van der Waals surface area contributed by atoms with E-state index in [1.165, 1.54) is 25.4 Å². The fourth-order valence-electron chi connectivity index (χ4n) is 3.54. The largest absolute Gasteiger partial charge is 0.388 e.